The van der Waals surface area contributed by atoms with Crippen LogP contribution in [0.4, 0.5) is 0 Å². The number of carbonyl (C=O) groups excluding carboxylic acids is 1. The quantitative estimate of drug-likeness (QED) is 0.897. The van der Waals surface area contributed by atoms with Gasteiger partial charge in [-0.15, -0.1) is 0 Å². The Hall–Kier alpha value is -1.15. The van der Waals surface area contributed by atoms with Crippen LogP contribution in [0.15, 0.2) is 24.3 Å². The third kappa shape index (κ3) is 2.74. The lowest BCUT2D eigenvalue weighted by Crippen LogP contribution is -2.48. The molecule has 1 aromatic rings. The van der Waals surface area contributed by atoms with Gasteiger partial charge in [-0.2, -0.15) is 0 Å². The number of ketones is 1. The molecular weight excluding hydrogens is 234 g/mol. The van der Waals surface area contributed by atoms with E-state index >= 15 is 0 Å². The zero-order valence-electron chi connectivity index (χ0n) is 12.3. The second-order valence-corrected chi connectivity index (χ2v) is 5.86. The largest absolute Gasteiger partial charge is 0.316 e. The highest BCUT2D eigenvalue weighted by atomic mass is 16.1. The third-order valence-electron chi connectivity index (χ3n) is 4.67. The van der Waals surface area contributed by atoms with E-state index in [9.17, 15) is 4.79 Å². The van der Waals surface area contributed by atoms with E-state index in [2.05, 4.69) is 43.4 Å². The van der Waals surface area contributed by atoms with Crippen molar-refractivity contribution < 1.29 is 4.79 Å². The first-order valence-corrected chi connectivity index (χ1v) is 7.38. The van der Waals surface area contributed by atoms with E-state index in [4.69, 9.17) is 0 Å². The van der Waals surface area contributed by atoms with Crippen molar-refractivity contribution in [2.45, 2.75) is 46.0 Å². The summed E-state index contributed by atoms with van der Waals surface area (Å²) >= 11 is 0. The molecule has 1 aliphatic heterocycles. The van der Waals surface area contributed by atoms with Gasteiger partial charge < -0.3 is 5.32 Å². The number of nitrogens with one attached hydrogen (secondary N) is 1. The molecule has 2 nitrogen and oxygen atoms in total. The molecule has 0 amide bonds. The van der Waals surface area contributed by atoms with Crippen molar-refractivity contribution >= 4 is 5.78 Å². The summed E-state index contributed by atoms with van der Waals surface area (Å²) in [6, 6.07) is 8.70. The fourth-order valence-corrected chi connectivity index (χ4v) is 3.52. The van der Waals surface area contributed by atoms with Gasteiger partial charge in [0, 0.05) is 12.0 Å². The Morgan fingerprint density at radius 1 is 1.37 bits per heavy atom. The number of carbonyl (C=O) groups is 1. The SMILES string of the molecule is CCC(c1ccc(C)cc1)C1(C(C)=O)CCCNC1. The van der Waals surface area contributed by atoms with Crippen molar-refractivity contribution in [2.24, 2.45) is 5.41 Å². The highest BCUT2D eigenvalue weighted by Gasteiger charge is 2.43. The second kappa shape index (κ2) is 5.87. The second-order valence-electron chi connectivity index (χ2n) is 5.86. The van der Waals surface area contributed by atoms with Crippen LogP contribution < -0.4 is 5.32 Å². The highest BCUT2D eigenvalue weighted by Crippen LogP contribution is 2.44. The zero-order valence-corrected chi connectivity index (χ0v) is 12.3. The molecule has 104 valence electrons. The standard InChI is InChI=1S/C17H25NO/c1-4-16(15-8-6-13(2)7-9-15)17(14(3)19)10-5-11-18-12-17/h6-9,16,18H,4-5,10-12H2,1-3H3. The molecule has 0 aromatic heterocycles. The lowest BCUT2D eigenvalue weighted by atomic mass is 9.64. The molecule has 1 fully saturated rings. The average molecular weight is 259 g/mol. The lowest BCUT2D eigenvalue weighted by molar-refractivity contribution is -0.129. The molecule has 2 atom stereocenters. The molecule has 1 saturated heterocycles. The Morgan fingerprint density at radius 2 is 2.05 bits per heavy atom. The van der Waals surface area contributed by atoms with E-state index in [0.29, 0.717) is 11.7 Å². The number of hydrogen-bond acceptors (Lipinski definition) is 2. The summed E-state index contributed by atoms with van der Waals surface area (Å²) in [5, 5.41) is 3.43. The molecule has 2 rings (SSSR count). The van der Waals surface area contributed by atoms with Crippen LogP contribution in [-0.4, -0.2) is 18.9 Å². The molecule has 0 aliphatic carbocycles. The summed E-state index contributed by atoms with van der Waals surface area (Å²) < 4.78 is 0. The average Bonchev–Trinajstić information content (AvgIpc) is 2.42. The Bertz CT molecular complexity index is 429. The molecule has 0 bridgehead atoms. The van der Waals surface area contributed by atoms with Crippen LogP contribution in [0.1, 0.15) is 50.2 Å². The van der Waals surface area contributed by atoms with E-state index in [1.54, 1.807) is 6.92 Å². The van der Waals surface area contributed by atoms with Gasteiger partial charge in [0.25, 0.3) is 0 Å². The Kier molecular flexibility index (Phi) is 4.41. The molecule has 0 radical (unpaired) electrons. The molecule has 2 heteroatoms. The van der Waals surface area contributed by atoms with Gasteiger partial charge in [0.15, 0.2) is 0 Å². The van der Waals surface area contributed by atoms with Crippen LogP contribution in [0.25, 0.3) is 0 Å². The van der Waals surface area contributed by atoms with Crippen molar-refractivity contribution in [2.75, 3.05) is 13.1 Å². The van der Waals surface area contributed by atoms with Gasteiger partial charge in [0.1, 0.15) is 5.78 Å². The van der Waals surface area contributed by atoms with Gasteiger partial charge in [-0.25, -0.2) is 0 Å². The third-order valence-corrected chi connectivity index (χ3v) is 4.67. The Labute approximate surface area is 116 Å². The zero-order chi connectivity index (χ0) is 13.9. The maximum absolute atomic E-state index is 12.3. The monoisotopic (exact) mass is 259 g/mol. The van der Waals surface area contributed by atoms with Crippen LogP contribution in [0, 0.1) is 12.3 Å². The van der Waals surface area contributed by atoms with Crippen LogP contribution in [0.2, 0.25) is 0 Å². The smallest absolute Gasteiger partial charge is 0.137 e. The Balaban J connectivity index is 2.37. The molecular formula is C17H25NO. The van der Waals surface area contributed by atoms with E-state index in [1.165, 1.54) is 11.1 Å². The summed E-state index contributed by atoms with van der Waals surface area (Å²) in [6.07, 6.45) is 3.13. The van der Waals surface area contributed by atoms with Gasteiger partial charge in [-0.05, 0) is 51.1 Å². The highest BCUT2D eigenvalue weighted by molar-refractivity contribution is 5.84. The number of Topliss-reactive ketones (excluding diaryl/α,β-unsaturated/α-hetero) is 1. The summed E-state index contributed by atoms with van der Waals surface area (Å²) in [5.74, 6) is 0.672. The van der Waals surface area contributed by atoms with Gasteiger partial charge in [0.2, 0.25) is 0 Å². The van der Waals surface area contributed by atoms with E-state index in [0.717, 1.165) is 32.4 Å². The lowest BCUT2D eigenvalue weighted by Gasteiger charge is -2.42. The van der Waals surface area contributed by atoms with Crippen molar-refractivity contribution in [3.8, 4) is 0 Å². The predicted octanol–water partition coefficient (Wildman–Crippen LogP) is 3.45. The van der Waals surface area contributed by atoms with Crippen LogP contribution >= 0.6 is 0 Å². The molecule has 2 unspecified atom stereocenters. The van der Waals surface area contributed by atoms with Crippen molar-refractivity contribution in [3.63, 3.8) is 0 Å². The fourth-order valence-electron chi connectivity index (χ4n) is 3.52. The number of hydrogen-bond donors (Lipinski definition) is 1. The number of aryl methyl sites for hydroxylation is 1. The first-order chi connectivity index (χ1) is 9.10. The van der Waals surface area contributed by atoms with E-state index < -0.39 is 0 Å². The van der Waals surface area contributed by atoms with Crippen LogP contribution in [0.3, 0.4) is 0 Å². The minimum atomic E-state index is -0.206. The first kappa shape index (κ1) is 14.3. The molecule has 1 aromatic carbocycles. The van der Waals surface area contributed by atoms with Gasteiger partial charge in [-0.1, -0.05) is 36.8 Å². The minimum Gasteiger partial charge on any atom is -0.316 e. The van der Waals surface area contributed by atoms with Gasteiger partial charge >= 0.3 is 0 Å². The number of piperidine rings is 1. The van der Waals surface area contributed by atoms with E-state index in [-0.39, 0.29) is 5.41 Å². The van der Waals surface area contributed by atoms with Gasteiger partial charge in [-0.3, -0.25) is 4.79 Å². The predicted molar refractivity (Wildman–Crippen MR) is 79.4 cm³/mol. The summed E-state index contributed by atoms with van der Waals surface area (Å²) in [6.45, 7) is 7.94. The first-order valence-electron chi connectivity index (χ1n) is 7.38. The van der Waals surface area contributed by atoms with Crippen molar-refractivity contribution in [1.82, 2.24) is 5.32 Å². The number of benzene rings is 1. The molecule has 1 heterocycles. The summed E-state index contributed by atoms with van der Waals surface area (Å²) in [7, 11) is 0. The van der Waals surface area contributed by atoms with Crippen molar-refractivity contribution in [3.05, 3.63) is 35.4 Å². The fraction of sp³-hybridized carbons (Fsp3) is 0.588. The minimum absolute atomic E-state index is 0.206. The molecule has 1 aliphatic rings. The maximum Gasteiger partial charge on any atom is 0.137 e. The van der Waals surface area contributed by atoms with Crippen LogP contribution in [-0.2, 0) is 4.79 Å². The topological polar surface area (TPSA) is 29.1 Å². The van der Waals surface area contributed by atoms with Gasteiger partial charge in [0.05, 0.1) is 0 Å². The summed E-state index contributed by atoms with van der Waals surface area (Å²) in [5.41, 5.74) is 2.38. The molecule has 0 spiro atoms. The molecule has 0 saturated carbocycles. The summed E-state index contributed by atoms with van der Waals surface area (Å²) in [4.78, 5) is 12.3. The number of rotatable bonds is 4. The Morgan fingerprint density at radius 3 is 2.53 bits per heavy atom. The molecule has 1 N–H and O–H groups in total. The van der Waals surface area contributed by atoms with E-state index in [1.807, 2.05) is 0 Å². The van der Waals surface area contributed by atoms with Crippen LogP contribution in [0.5, 0.6) is 0 Å². The maximum atomic E-state index is 12.3. The van der Waals surface area contributed by atoms with Crippen molar-refractivity contribution in [1.29, 1.82) is 0 Å². The molecule has 19 heavy (non-hydrogen) atoms. The normalized spacial score (nSPS) is 25.0.